The number of rotatable bonds is 4. The molecule has 2 aliphatic heterocycles. The fraction of sp³-hybridized carbons (Fsp3) is 0.346. The average molecular weight is 417 g/mol. The summed E-state index contributed by atoms with van der Waals surface area (Å²) < 4.78 is 8.28. The molecule has 160 valence electrons. The first kappa shape index (κ1) is 19.9. The Labute approximate surface area is 182 Å². The number of fused-ring (bicyclic) bond motifs is 2. The zero-order valence-electron chi connectivity index (χ0n) is 18.1. The van der Waals surface area contributed by atoms with Crippen LogP contribution < -0.4 is 4.74 Å². The number of aromatic hydroxyl groups is 1. The van der Waals surface area contributed by atoms with Crippen molar-refractivity contribution in [2.75, 3.05) is 13.1 Å². The quantitative estimate of drug-likeness (QED) is 0.593. The molecule has 31 heavy (non-hydrogen) atoms. The maximum absolute atomic E-state index is 13.1. The van der Waals surface area contributed by atoms with Gasteiger partial charge in [-0.15, -0.1) is 0 Å². The lowest BCUT2D eigenvalue weighted by molar-refractivity contribution is 0.101. The van der Waals surface area contributed by atoms with Crippen LogP contribution in [0.3, 0.4) is 0 Å². The second-order valence-corrected chi connectivity index (χ2v) is 8.75. The van der Waals surface area contributed by atoms with E-state index in [1.165, 1.54) is 6.42 Å². The molecule has 0 bridgehead atoms. The summed E-state index contributed by atoms with van der Waals surface area (Å²) in [5.74, 6) is 1.52. The standard InChI is InChI=1S/C26H28N2O3/c1-3-28-15-18(19-8-4-5-9-22(19)28)13-24-25(30)20-10-11-23(29)21(26(20)31-24)16-27-12-6-7-17(2)14-27/h4-5,8-11,13,15,17,29H,3,6-7,12,14,16H2,1-2H3/b24-13+/t17-/m0/s1. The molecule has 5 nitrogen and oxygen atoms in total. The molecule has 3 aromatic rings. The highest BCUT2D eigenvalue weighted by Crippen LogP contribution is 2.41. The van der Waals surface area contributed by atoms with Crippen molar-refractivity contribution < 1.29 is 14.6 Å². The van der Waals surface area contributed by atoms with E-state index in [2.05, 4.69) is 41.6 Å². The van der Waals surface area contributed by atoms with Gasteiger partial charge < -0.3 is 14.4 Å². The van der Waals surface area contributed by atoms with Crippen molar-refractivity contribution >= 4 is 22.8 Å². The number of allylic oxidation sites excluding steroid dienone is 1. The summed E-state index contributed by atoms with van der Waals surface area (Å²) in [4.78, 5) is 15.5. The Morgan fingerprint density at radius 3 is 2.87 bits per heavy atom. The Morgan fingerprint density at radius 2 is 2.06 bits per heavy atom. The number of Topliss-reactive ketones (excluding diaryl/α,β-unsaturated/α-hetero) is 1. The highest BCUT2D eigenvalue weighted by atomic mass is 16.5. The van der Waals surface area contributed by atoms with Gasteiger partial charge in [0.15, 0.2) is 5.76 Å². The number of nitrogens with zero attached hydrogens (tertiary/aromatic N) is 2. The average Bonchev–Trinajstić information content (AvgIpc) is 3.28. The van der Waals surface area contributed by atoms with Crippen molar-refractivity contribution in [2.24, 2.45) is 5.92 Å². The number of ketones is 1. The third-order valence-corrected chi connectivity index (χ3v) is 6.49. The van der Waals surface area contributed by atoms with Crippen molar-refractivity contribution in [3.8, 4) is 11.5 Å². The van der Waals surface area contributed by atoms with Crippen LogP contribution in [0.4, 0.5) is 0 Å². The molecular weight excluding hydrogens is 388 g/mol. The summed E-state index contributed by atoms with van der Waals surface area (Å²) in [6.07, 6.45) is 6.29. The Bertz CT molecular complexity index is 1190. The summed E-state index contributed by atoms with van der Waals surface area (Å²) in [5, 5.41) is 11.7. The van der Waals surface area contributed by atoms with Crippen molar-refractivity contribution in [2.45, 2.75) is 39.8 Å². The van der Waals surface area contributed by atoms with Crippen molar-refractivity contribution in [1.82, 2.24) is 9.47 Å². The maximum atomic E-state index is 13.1. The molecule has 5 rings (SSSR count). The molecule has 0 spiro atoms. The first-order chi connectivity index (χ1) is 15.0. The van der Waals surface area contributed by atoms with Crippen LogP contribution in [0.1, 0.15) is 48.2 Å². The van der Waals surface area contributed by atoms with Crippen LogP contribution in [0.15, 0.2) is 48.4 Å². The Hall–Kier alpha value is -3.05. The predicted octanol–water partition coefficient (Wildman–Crippen LogP) is 5.21. The summed E-state index contributed by atoms with van der Waals surface area (Å²) in [5.41, 5.74) is 3.34. The summed E-state index contributed by atoms with van der Waals surface area (Å²) in [6.45, 7) is 7.80. The lowest BCUT2D eigenvalue weighted by Crippen LogP contribution is -2.33. The van der Waals surface area contributed by atoms with Crippen molar-refractivity contribution in [1.29, 1.82) is 0 Å². The number of aromatic nitrogens is 1. The van der Waals surface area contributed by atoms with Crippen LogP contribution in [0.5, 0.6) is 11.5 Å². The fourth-order valence-corrected chi connectivity index (χ4v) is 4.90. The van der Waals surface area contributed by atoms with Crippen LogP contribution in [-0.2, 0) is 13.1 Å². The molecule has 1 N–H and O–H groups in total. The van der Waals surface area contributed by atoms with E-state index in [1.54, 1.807) is 12.1 Å². The van der Waals surface area contributed by atoms with E-state index in [0.717, 1.165) is 42.5 Å². The third kappa shape index (κ3) is 3.53. The largest absolute Gasteiger partial charge is 0.507 e. The molecule has 2 aromatic carbocycles. The SMILES string of the molecule is CCn1cc(/C=C2/Oc3c(ccc(O)c3CN3CCC[C@H](C)C3)C2=O)c2ccccc21. The fourth-order valence-electron chi connectivity index (χ4n) is 4.90. The van der Waals surface area contributed by atoms with E-state index in [9.17, 15) is 9.90 Å². The van der Waals surface area contributed by atoms with E-state index < -0.39 is 0 Å². The second-order valence-electron chi connectivity index (χ2n) is 8.75. The van der Waals surface area contributed by atoms with Gasteiger partial charge in [-0.1, -0.05) is 25.1 Å². The number of phenols is 1. The number of phenolic OH excluding ortho intramolecular Hbond substituents is 1. The van der Waals surface area contributed by atoms with Crippen LogP contribution >= 0.6 is 0 Å². The van der Waals surface area contributed by atoms with Crippen LogP contribution in [0, 0.1) is 5.92 Å². The molecule has 1 aromatic heterocycles. The first-order valence-corrected chi connectivity index (χ1v) is 11.1. The minimum Gasteiger partial charge on any atom is -0.507 e. The molecule has 1 fully saturated rings. The number of para-hydroxylation sites is 1. The topological polar surface area (TPSA) is 54.7 Å². The van der Waals surface area contributed by atoms with Crippen molar-refractivity contribution in [3.05, 3.63) is 65.0 Å². The van der Waals surface area contributed by atoms with E-state index in [0.29, 0.717) is 35.1 Å². The number of benzene rings is 2. The number of hydrogen-bond donors (Lipinski definition) is 1. The molecule has 0 radical (unpaired) electrons. The molecular formula is C26H28N2O3. The van der Waals surface area contributed by atoms with Crippen molar-refractivity contribution in [3.63, 3.8) is 0 Å². The number of ether oxygens (including phenoxy) is 1. The highest BCUT2D eigenvalue weighted by Gasteiger charge is 2.32. The molecule has 0 amide bonds. The van der Waals surface area contributed by atoms with Gasteiger partial charge in [0.25, 0.3) is 0 Å². The summed E-state index contributed by atoms with van der Waals surface area (Å²) >= 11 is 0. The number of carbonyl (C=O) groups is 1. The lowest BCUT2D eigenvalue weighted by atomic mass is 9.99. The molecule has 0 saturated carbocycles. The van der Waals surface area contributed by atoms with E-state index in [-0.39, 0.29) is 11.5 Å². The first-order valence-electron chi connectivity index (χ1n) is 11.1. The maximum Gasteiger partial charge on any atom is 0.231 e. The van der Waals surface area contributed by atoms with E-state index in [1.807, 2.05) is 18.2 Å². The third-order valence-electron chi connectivity index (χ3n) is 6.49. The van der Waals surface area contributed by atoms with Gasteiger partial charge in [0.2, 0.25) is 5.78 Å². The van der Waals surface area contributed by atoms with Gasteiger partial charge in [0, 0.05) is 42.3 Å². The number of hydrogen-bond acceptors (Lipinski definition) is 4. The smallest absolute Gasteiger partial charge is 0.231 e. The number of aryl methyl sites for hydroxylation is 1. The van der Waals surface area contributed by atoms with Crippen LogP contribution in [-0.4, -0.2) is 33.4 Å². The Kier molecular flexibility index (Phi) is 5.06. The normalized spacial score (nSPS) is 20.4. The van der Waals surface area contributed by atoms with Gasteiger partial charge in [-0.2, -0.15) is 0 Å². The summed E-state index contributed by atoms with van der Waals surface area (Å²) in [6, 6.07) is 11.5. The van der Waals surface area contributed by atoms with Gasteiger partial charge in [0.05, 0.1) is 11.1 Å². The van der Waals surface area contributed by atoms with Gasteiger partial charge in [0.1, 0.15) is 11.5 Å². The molecule has 5 heteroatoms. The van der Waals surface area contributed by atoms with Gasteiger partial charge in [-0.3, -0.25) is 9.69 Å². The summed E-state index contributed by atoms with van der Waals surface area (Å²) in [7, 11) is 0. The van der Waals surface area contributed by atoms with Gasteiger partial charge in [-0.05, 0) is 56.5 Å². The minimum absolute atomic E-state index is 0.128. The van der Waals surface area contributed by atoms with E-state index >= 15 is 0 Å². The Balaban J connectivity index is 1.50. The highest BCUT2D eigenvalue weighted by molar-refractivity contribution is 6.15. The minimum atomic E-state index is -0.128. The van der Waals surface area contributed by atoms with Gasteiger partial charge >= 0.3 is 0 Å². The second kappa shape index (κ2) is 7.89. The molecule has 1 saturated heterocycles. The molecule has 2 aliphatic rings. The molecule has 0 unspecified atom stereocenters. The Morgan fingerprint density at radius 1 is 1.23 bits per heavy atom. The number of carbonyl (C=O) groups excluding carboxylic acids is 1. The lowest BCUT2D eigenvalue weighted by Gasteiger charge is -2.31. The monoisotopic (exact) mass is 416 g/mol. The molecule has 3 heterocycles. The molecule has 1 atom stereocenters. The van der Waals surface area contributed by atoms with E-state index in [4.69, 9.17) is 4.74 Å². The molecule has 0 aliphatic carbocycles. The number of likely N-dealkylation sites (tertiary alicyclic amines) is 1. The van der Waals surface area contributed by atoms with Crippen LogP contribution in [0.2, 0.25) is 0 Å². The predicted molar refractivity (Wildman–Crippen MR) is 122 cm³/mol. The zero-order chi connectivity index (χ0) is 21.5. The van der Waals surface area contributed by atoms with Gasteiger partial charge in [-0.25, -0.2) is 0 Å². The van der Waals surface area contributed by atoms with Crippen LogP contribution in [0.25, 0.3) is 17.0 Å². The zero-order valence-corrected chi connectivity index (χ0v) is 18.1. The number of piperidine rings is 1.